The lowest BCUT2D eigenvalue weighted by atomic mass is 9.95. The predicted molar refractivity (Wildman–Crippen MR) is 127 cm³/mol. The average Bonchev–Trinajstić information content (AvgIpc) is 2.63. The summed E-state index contributed by atoms with van der Waals surface area (Å²) in [6.07, 6.45) is 0.880. The van der Waals surface area contributed by atoms with Crippen LogP contribution in [0.5, 0.6) is 0 Å². The minimum atomic E-state index is -1.47. The van der Waals surface area contributed by atoms with Crippen molar-refractivity contribution in [3.05, 3.63) is 59.0 Å². The van der Waals surface area contributed by atoms with E-state index in [1.165, 1.54) is 12.3 Å². The molecule has 2 N–H and O–H groups in total. The minimum Gasteiger partial charge on any atom is -0.598 e. The molecular weight excluding hydrogens is 429 g/mol. The number of rotatable bonds is 6. The molecule has 0 aliphatic carbocycles. The van der Waals surface area contributed by atoms with Crippen molar-refractivity contribution < 1.29 is 18.5 Å². The van der Waals surface area contributed by atoms with E-state index in [4.69, 9.17) is 4.74 Å². The molecule has 1 amide bonds. The summed E-state index contributed by atoms with van der Waals surface area (Å²) in [5, 5.41) is 2.67. The number of pyridine rings is 1. The van der Waals surface area contributed by atoms with Gasteiger partial charge in [0.2, 0.25) is 0 Å². The number of anilines is 1. The predicted octanol–water partition coefficient (Wildman–Crippen LogP) is 5.83. The van der Waals surface area contributed by atoms with Gasteiger partial charge in [-0.25, -0.2) is 14.2 Å². The Morgan fingerprint density at radius 3 is 2.31 bits per heavy atom. The molecule has 0 fully saturated rings. The number of aromatic nitrogens is 1. The largest absolute Gasteiger partial charge is 0.598 e. The lowest BCUT2D eigenvalue weighted by Crippen LogP contribution is -2.42. The van der Waals surface area contributed by atoms with Crippen molar-refractivity contribution in [3.63, 3.8) is 0 Å². The van der Waals surface area contributed by atoms with Gasteiger partial charge in [-0.05, 0) is 70.7 Å². The number of carbonyl (C=O) groups is 1. The fraction of sp³-hybridized carbons (Fsp3) is 0.500. The summed E-state index contributed by atoms with van der Waals surface area (Å²) in [4.78, 5) is 16.7. The molecule has 6 nitrogen and oxygen atoms in total. The lowest BCUT2D eigenvalue weighted by Gasteiger charge is -2.29. The van der Waals surface area contributed by atoms with Crippen LogP contribution >= 0.6 is 0 Å². The van der Waals surface area contributed by atoms with Gasteiger partial charge in [0.15, 0.2) is 0 Å². The van der Waals surface area contributed by atoms with Gasteiger partial charge in [-0.1, -0.05) is 32.0 Å². The van der Waals surface area contributed by atoms with E-state index in [9.17, 15) is 13.7 Å². The first-order chi connectivity index (χ1) is 14.7. The second kappa shape index (κ2) is 10.2. The number of benzene rings is 1. The van der Waals surface area contributed by atoms with Gasteiger partial charge in [-0.15, -0.1) is 4.72 Å². The fourth-order valence-electron chi connectivity index (χ4n) is 2.94. The second-order valence-electron chi connectivity index (χ2n) is 9.94. The normalized spacial score (nSPS) is 14.2. The molecule has 0 spiro atoms. The van der Waals surface area contributed by atoms with Crippen molar-refractivity contribution in [2.75, 3.05) is 5.32 Å². The van der Waals surface area contributed by atoms with Gasteiger partial charge in [-0.3, -0.25) is 5.32 Å². The number of nitrogens with zero attached hydrogens (tertiary/aromatic N) is 1. The number of nitrogens with one attached hydrogen (secondary N) is 2. The molecule has 0 saturated carbocycles. The molecule has 1 aromatic carbocycles. The molecule has 0 aliphatic heterocycles. The van der Waals surface area contributed by atoms with Crippen LogP contribution in [0.3, 0.4) is 0 Å². The van der Waals surface area contributed by atoms with Crippen LogP contribution in [-0.4, -0.2) is 26.0 Å². The van der Waals surface area contributed by atoms with Crippen LogP contribution in [-0.2, 0) is 16.1 Å². The van der Waals surface area contributed by atoms with Crippen LogP contribution < -0.4 is 10.0 Å². The molecule has 0 bridgehead atoms. The molecule has 2 aromatic rings. The summed E-state index contributed by atoms with van der Waals surface area (Å²) in [5.74, 6) is -0.0585. The molecule has 2 rings (SSSR count). The molecule has 2 atom stereocenters. The van der Waals surface area contributed by atoms with Crippen LogP contribution in [0.15, 0.2) is 36.5 Å². The van der Waals surface area contributed by atoms with E-state index < -0.39 is 33.8 Å². The van der Waals surface area contributed by atoms with Crippen LogP contribution in [0.25, 0.3) is 0 Å². The number of amides is 1. The number of halogens is 1. The summed E-state index contributed by atoms with van der Waals surface area (Å²) in [6, 6.07) is 7.78. The highest BCUT2D eigenvalue weighted by Crippen LogP contribution is 2.32. The molecule has 8 heteroatoms. The van der Waals surface area contributed by atoms with Crippen LogP contribution in [0.4, 0.5) is 15.0 Å². The maximum atomic E-state index is 14.8. The van der Waals surface area contributed by atoms with Gasteiger partial charge in [0.05, 0.1) is 0 Å². The number of ether oxygens (including phenoxy) is 1. The van der Waals surface area contributed by atoms with Crippen molar-refractivity contribution in [1.29, 1.82) is 0 Å². The van der Waals surface area contributed by atoms with Crippen molar-refractivity contribution in [3.8, 4) is 0 Å². The summed E-state index contributed by atoms with van der Waals surface area (Å²) in [5.41, 5.74) is 1.04. The molecule has 0 saturated heterocycles. The van der Waals surface area contributed by atoms with Crippen LogP contribution in [0.1, 0.15) is 84.0 Å². The second-order valence-corrected chi connectivity index (χ2v) is 11.9. The third kappa shape index (κ3) is 7.18. The maximum Gasteiger partial charge on any atom is 0.413 e. The monoisotopic (exact) mass is 463 g/mol. The van der Waals surface area contributed by atoms with Gasteiger partial charge in [0, 0.05) is 23.1 Å². The minimum absolute atomic E-state index is 0.0296. The number of carbonyl (C=O) groups excluding carboxylic acids is 1. The quantitative estimate of drug-likeness (QED) is 0.526. The number of hydrogen-bond donors (Lipinski definition) is 2. The molecular formula is C24H34FN3O3S. The Labute approximate surface area is 193 Å². The van der Waals surface area contributed by atoms with Gasteiger partial charge >= 0.3 is 6.09 Å². The van der Waals surface area contributed by atoms with Crippen LogP contribution in [0.2, 0.25) is 0 Å². The molecule has 1 heterocycles. The molecule has 176 valence electrons. The molecule has 2 unspecified atom stereocenters. The Kier molecular flexibility index (Phi) is 8.31. The third-order valence-electron chi connectivity index (χ3n) is 4.53. The van der Waals surface area contributed by atoms with E-state index >= 15 is 0 Å². The van der Waals surface area contributed by atoms with Crippen molar-refractivity contribution in [2.24, 2.45) is 0 Å². The highest BCUT2D eigenvalue weighted by atomic mass is 32.2. The van der Waals surface area contributed by atoms with Crippen molar-refractivity contribution in [1.82, 2.24) is 9.71 Å². The highest BCUT2D eigenvalue weighted by molar-refractivity contribution is 7.90. The van der Waals surface area contributed by atoms with E-state index in [0.29, 0.717) is 16.7 Å². The Morgan fingerprint density at radius 2 is 1.78 bits per heavy atom. The third-order valence-corrected chi connectivity index (χ3v) is 6.09. The Morgan fingerprint density at radius 1 is 1.12 bits per heavy atom. The first-order valence-corrected chi connectivity index (χ1v) is 11.8. The fourth-order valence-corrected chi connectivity index (χ4v) is 3.77. The smallest absolute Gasteiger partial charge is 0.413 e. The van der Waals surface area contributed by atoms with Gasteiger partial charge in [0.1, 0.15) is 28.0 Å². The average molecular weight is 464 g/mol. The van der Waals surface area contributed by atoms with Gasteiger partial charge in [-0.2, -0.15) is 0 Å². The van der Waals surface area contributed by atoms with E-state index in [1.54, 1.807) is 45.0 Å². The Hall–Kier alpha value is -2.16. The van der Waals surface area contributed by atoms with Gasteiger partial charge in [0.25, 0.3) is 0 Å². The highest BCUT2D eigenvalue weighted by Gasteiger charge is 2.32. The zero-order valence-corrected chi connectivity index (χ0v) is 20.9. The zero-order chi connectivity index (χ0) is 24.3. The first kappa shape index (κ1) is 26.1. The molecule has 0 aliphatic rings. The Balaban J connectivity index is 2.52. The van der Waals surface area contributed by atoms with Gasteiger partial charge < -0.3 is 9.29 Å². The van der Waals surface area contributed by atoms with Crippen molar-refractivity contribution >= 4 is 23.3 Å². The topological polar surface area (TPSA) is 86.3 Å². The maximum absolute atomic E-state index is 14.8. The lowest BCUT2D eigenvalue weighted by molar-refractivity contribution is 0.0635. The van der Waals surface area contributed by atoms with Crippen LogP contribution in [0, 0.1) is 5.82 Å². The molecule has 1 aromatic heterocycles. The SMILES string of the molecule is CC(C)c1ccc(C(N[S+]([O-])C(C)(C)C)c2cccnc2NC(=O)OC(C)(C)C)cc1F. The van der Waals surface area contributed by atoms with Crippen molar-refractivity contribution in [2.45, 2.75) is 77.7 Å². The van der Waals surface area contributed by atoms with E-state index in [1.807, 2.05) is 34.6 Å². The number of hydrogen-bond acceptors (Lipinski definition) is 5. The molecule has 32 heavy (non-hydrogen) atoms. The summed E-state index contributed by atoms with van der Waals surface area (Å²) < 4.78 is 35.7. The molecule has 0 radical (unpaired) electrons. The first-order valence-electron chi connectivity index (χ1n) is 10.6. The Bertz CT molecular complexity index is 939. The van der Waals surface area contributed by atoms with E-state index in [2.05, 4.69) is 15.0 Å². The standard InChI is InChI=1S/C24H34FN3O3S/c1-15(2)17-12-11-16(14-19(17)25)20(28-32(30)24(6,7)8)18-10-9-13-26-21(18)27-22(29)31-23(3,4)5/h9-15,20,28H,1-8H3,(H,26,27,29). The summed E-state index contributed by atoms with van der Waals surface area (Å²) in [7, 11) is 0. The van der Waals surface area contributed by atoms with E-state index in [-0.39, 0.29) is 17.6 Å². The summed E-state index contributed by atoms with van der Waals surface area (Å²) >= 11 is -1.47. The van der Waals surface area contributed by atoms with E-state index in [0.717, 1.165) is 0 Å². The zero-order valence-electron chi connectivity index (χ0n) is 20.1. The summed E-state index contributed by atoms with van der Waals surface area (Å²) in [6.45, 7) is 14.7.